The first kappa shape index (κ1) is 20.2. The predicted octanol–water partition coefficient (Wildman–Crippen LogP) is 4.48. The number of rotatable bonds is 6. The SMILES string of the molecule is CC(c1ccccc1)n1c(SCCN2CCCC2=O)nc2ccc(Br)cc2c1=O. The topological polar surface area (TPSA) is 55.2 Å². The maximum Gasteiger partial charge on any atom is 0.262 e. The first-order chi connectivity index (χ1) is 14.0. The zero-order valence-electron chi connectivity index (χ0n) is 16.2. The standard InChI is InChI=1S/C22H22BrN3O2S/c1-15(16-6-3-2-4-7-16)26-21(28)18-14-17(23)9-10-19(18)24-22(26)29-13-12-25-11-5-8-20(25)27/h2-4,6-7,9-10,14-15H,5,8,11-13H2,1H3. The molecule has 1 atom stereocenters. The third kappa shape index (κ3) is 4.26. The van der Waals surface area contributed by atoms with Gasteiger partial charge in [0.1, 0.15) is 0 Å². The summed E-state index contributed by atoms with van der Waals surface area (Å²) >= 11 is 5.00. The summed E-state index contributed by atoms with van der Waals surface area (Å²) in [5, 5.41) is 1.29. The number of nitrogens with zero attached hydrogens (tertiary/aromatic N) is 3. The summed E-state index contributed by atoms with van der Waals surface area (Å²) in [7, 11) is 0. The average Bonchev–Trinajstić information content (AvgIpc) is 3.14. The second kappa shape index (κ2) is 8.71. The van der Waals surface area contributed by atoms with Crippen LogP contribution in [0.15, 0.2) is 63.0 Å². The van der Waals surface area contributed by atoms with E-state index in [1.54, 1.807) is 4.57 Å². The van der Waals surface area contributed by atoms with E-state index >= 15 is 0 Å². The molecular weight excluding hydrogens is 450 g/mol. The predicted molar refractivity (Wildman–Crippen MR) is 120 cm³/mol. The summed E-state index contributed by atoms with van der Waals surface area (Å²) in [4.78, 5) is 32.0. The van der Waals surface area contributed by atoms with Crippen molar-refractivity contribution in [3.63, 3.8) is 0 Å². The molecule has 4 rings (SSSR count). The summed E-state index contributed by atoms with van der Waals surface area (Å²) in [6, 6.07) is 15.4. The first-order valence-electron chi connectivity index (χ1n) is 9.72. The minimum absolute atomic E-state index is 0.0487. The molecule has 0 aliphatic carbocycles. The zero-order chi connectivity index (χ0) is 20.4. The van der Waals surface area contributed by atoms with Gasteiger partial charge in [0.2, 0.25) is 5.91 Å². The van der Waals surface area contributed by atoms with E-state index in [-0.39, 0.29) is 17.5 Å². The van der Waals surface area contributed by atoms with Crippen molar-refractivity contribution < 1.29 is 4.79 Å². The summed E-state index contributed by atoms with van der Waals surface area (Å²) in [6.45, 7) is 3.53. The molecule has 1 fully saturated rings. The molecule has 1 aliphatic rings. The highest BCUT2D eigenvalue weighted by molar-refractivity contribution is 9.10. The van der Waals surface area contributed by atoms with Gasteiger partial charge in [0.05, 0.1) is 16.9 Å². The number of hydrogen-bond acceptors (Lipinski definition) is 4. The largest absolute Gasteiger partial charge is 0.342 e. The molecule has 1 unspecified atom stereocenters. The number of hydrogen-bond donors (Lipinski definition) is 0. The quantitative estimate of drug-likeness (QED) is 0.392. The van der Waals surface area contributed by atoms with E-state index in [9.17, 15) is 9.59 Å². The summed E-state index contributed by atoms with van der Waals surface area (Å²) in [5.41, 5.74) is 1.70. The molecule has 0 N–H and O–H groups in total. The van der Waals surface area contributed by atoms with Crippen LogP contribution in [-0.4, -0.2) is 39.2 Å². The van der Waals surface area contributed by atoms with E-state index in [0.29, 0.717) is 34.8 Å². The number of aromatic nitrogens is 2. The molecule has 0 spiro atoms. The molecule has 7 heteroatoms. The Morgan fingerprint density at radius 2 is 1.97 bits per heavy atom. The van der Waals surface area contributed by atoms with Gasteiger partial charge in [-0.1, -0.05) is 58.0 Å². The fraction of sp³-hybridized carbons (Fsp3) is 0.318. The van der Waals surface area contributed by atoms with Crippen LogP contribution >= 0.6 is 27.7 Å². The molecule has 150 valence electrons. The van der Waals surface area contributed by atoms with Gasteiger partial charge in [0.15, 0.2) is 5.16 Å². The van der Waals surface area contributed by atoms with Crippen LogP contribution in [0.1, 0.15) is 31.4 Å². The van der Waals surface area contributed by atoms with Gasteiger partial charge in [-0.25, -0.2) is 4.98 Å². The average molecular weight is 472 g/mol. The first-order valence-corrected chi connectivity index (χ1v) is 11.5. The molecule has 5 nitrogen and oxygen atoms in total. The number of amides is 1. The van der Waals surface area contributed by atoms with Gasteiger partial charge in [-0.2, -0.15) is 0 Å². The minimum Gasteiger partial charge on any atom is -0.342 e. The monoisotopic (exact) mass is 471 g/mol. The third-order valence-corrected chi connectivity index (χ3v) is 6.69. The molecule has 1 amide bonds. The molecule has 2 aromatic carbocycles. The van der Waals surface area contributed by atoms with E-state index in [1.807, 2.05) is 60.4 Å². The minimum atomic E-state index is -0.143. The van der Waals surface area contributed by atoms with E-state index in [4.69, 9.17) is 4.98 Å². The summed E-state index contributed by atoms with van der Waals surface area (Å²) in [6.07, 6.45) is 1.58. The molecular formula is C22H22BrN3O2S. The van der Waals surface area contributed by atoms with Crippen LogP contribution in [0.5, 0.6) is 0 Å². The van der Waals surface area contributed by atoms with Crippen molar-refractivity contribution in [1.29, 1.82) is 0 Å². The maximum atomic E-state index is 13.4. The molecule has 0 saturated carbocycles. The number of thioether (sulfide) groups is 1. The van der Waals surface area contributed by atoms with Crippen molar-refractivity contribution >= 4 is 44.5 Å². The van der Waals surface area contributed by atoms with Crippen LogP contribution in [0.25, 0.3) is 10.9 Å². The van der Waals surface area contributed by atoms with Crippen molar-refractivity contribution in [2.75, 3.05) is 18.8 Å². The fourth-order valence-electron chi connectivity index (χ4n) is 3.66. The van der Waals surface area contributed by atoms with Gasteiger partial charge in [0.25, 0.3) is 5.56 Å². The molecule has 29 heavy (non-hydrogen) atoms. The Labute approximate surface area is 182 Å². The molecule has 1 aromatic heterocycles. The van der Waals surface area contributed by atoms with E-state index in [0.717, 1.165) is 23.0 Å². The molecule has 3 aromatic rings. The number of carbonyl (C=O) groups is 1. The molecule has 2 heterocycles. The van der Waals surface area contributed by atoms with Crippen molar-refractivity contribution in [1.82, 2.24) is 14.5 Å². The van der Waals surface area contributed by atoms with Crippen molar-refractivity contribution in [3.05, 3.63) is 68.9 Å². The zero-order valence-corrected chi connectivity index (χ0v) is 18.6. The van der Waals surface area contributed by atoms with Gasteiger partial charge < -0.3 is 4.90 Å². The van der Waals surface area contributed by atoms with Crippen molar-refractivity contribution in [2.24, 2.45) is 0 Å². The second-order valence-electron chi connectivity index (χ2n) is 7.15. The van der Waals surface area contributed by atoms with E-state index in [1.165, 1.54) is 11.8 Å². The van der Waals surface area contributed by atoms with Crippen LogP contribution in [0.4, 0.5) is 0 Å². The number of benzene rings is 2. The van der Waals surface area contributed by atoms with E-state index in [2.05, 4.69) is 15.9 Å². The van der Waals surface area contributed by atoms with Gasteiger partial charge in [0, 0.05) is 29.7 Å². The molecule has 1 saturated heterocycles. The van der Waals surface area contributed by atoms with Gasteiger partial charge in [-0.15, -0.1) is 0 Å². The lowest BCUT2D eigenvalue weighted by Gasteiger charge is -2.21. The fourth-order valence-corrected chi connectivity index (χ4v) is 5.06. The maximum absolute atomic E-state index is 13.4. The molecule has 0 radical (unpaired) electrons. The lowest BCUT2D eigenvalue weighted by atomic mass is 10.1. The second-order valence-corrected chi connectivity index (χ2v) is 9.13. The Kier molecular flexibility index (Phi) is 6.06. The number of halogens is 1. The highest BCUT2D eigenvalue weighted by atomic mass is 79.9. The number of likely N-dealkylation sites (tertiary alicyclic amines) is 1. The van der Waals surface area contributed by atoms with Crippen molar-refractivity contribution in [3.8, 4) is 0 Å². The Balaban J connectivity index is 1.71. The van der Waals surface area contributed by atoms with Crippen molar-refractivity contribution in [2.45, 2.75) is 31.0 Å². The summed E-state index contributed by atoms with van der Waals surface area (Å²) < 4.78 is 2.64. The van der Waals surface area contributed by atoms with E-state index < -0.39 is 0 Å². The number of carbonyl (C=O) groups excluding carboxylic acids is 1. The highest BCUT2D eigenvalue weighted by Gasteiger charge is 2.21. The Bertz CT molecular complexity index is 1100. The van der Waals surface area contributed by atoms with Gasteiger partial charge in [-0.3, -0.25) is 14.2 Å². The Hall–Kier alpha value is -2.12. The molecule has 0 bridgehead atoms. The lowest BCUT2D eigenvalue weighted by Crippen LogP contribution is -2.29. The third-order valence-electron chi connectivity index (χ3n) is 5.26. The van der Waals surface area contributed by atoms with Crippen LogP contribution < -0.4 is 5.56 Å². The van der Waals surface area contributed by atoms with Gasteiger partial charge in [-0.05, 0) is 37.1 Å². The normalized spacial score (nSPS) is 15.2. The van der Waals surface area contributed by atoms with Crippen LogP contribution in [0.2, 0.25) is 0 Å². The molecule has 1 aliphatic heterocycles. The highest BCUT2D eigenvalue weighted by Crippen LogP contribution is 2.26. The Morgan fingerprint density at radius 3 is 2.69 bits per heavy atom. The summed E-state index contributed by atoms with van der Waals surface area (Å²) in [5.74, 6) is 0.929. The van der Waals surface area contributed by atoms with Crippen LogP contribution in [0.3, 0.4) is 0 Å². The van der Waals surface area contributed by atoms with Crippen LogP contribution in [0, 0.1) is 0 Å². The van der Waals surface area contributed by atoms with Gasteiger partial charge >= 0.3 is 0 Å². The number of fused-ring (bicyclic) bond motifs is 1. The Morgan fingerprint density at radius 1 is 1.17 bits per heavy atom. The lowest BCUT2D eigenvalue weighted by molar-refractivity contribution is -0.127. The van der Waals surface area contributed by atoms with Crippen LogP contribution in [-0.2, 0) is 4.79 Å². The smallest absolute Gasteiger partial charge is 0.262 e.